The third-order valence-electron chi connectivity index (χ3n) is 3.78. The van der Waals surface area contributed by atoms with Crippen LogP contribution in [-0.2, 0) is 6.54 Å². The Bertz CT molecular complexity index is 586. The second kappa shape index (κ2) is 7.40. The van der Waals surface area contributed by atoms with Crippen LogP contribution in [0.25, 0.3) is 0 Å². The van der Waals surface area contributed by atoms with E-state index < -0.39 is 0 Å². The summed E-state index contributed by atoms with van der Waals surface area (Å²) in [6.07, 6.45) is 2.64. The molecular weight excluding hydrogens is 296 g/mol. The Kier molecular flexibility index (Phi) is 5.06. The first-order valence-electron chi connectivity index (χ1n) is 7.54. The Morgan fingerprint density at radius 3 is 2.86 bits per heavy atom. The van der Waals surface area contributed by atoms with Crippen molar-refractivity contribution < 1.29 is 9.21 Å². The maximum atomic E-state index is 12.3. The predicted octanol–water partition coefficient (Wildman–Crippen LogP) is 3.67. The second-order valence-electron chi connectivity index (χ2n) is 5.29. The molecule has 1 unspecified atom stereocenters. The van der Waals surface area contributed by atoms with E-state index in [1.54, 1.807) is 6.26 Å². The fourth-order valence-electron chi connectivity index (χ4n) is 2.56. The summed E-state index contributed by atoms with van der Waals surface area (Å²) in [4.78, 5) is 14.2. The van der Waals surface area contributed by atoms with Gasteiger partial charge >= 0.3 is 6.03 Å². The van der Waals surface area contributed by atoms with E-state index in [2.05, 4.69) is 5.32 Å². The average molecular weight is 316 g/mol. The molecule has 4 nitrogen and oxygen atoms in total. The summed E-state index contributed by atoms with van der Waals surface area (Å²) in [5.74, 6) is 1.95. The number of hydrogen-bond donors (Lipinski definition) is 1. The van der Waals surface area contributed by atoms with Gasteiger partial charge in [0.25, 0.3) is 0 Å². The first-order valence-corrected chi connectivity index (χ1v) is 8.59. The summed E-state index contributed by atoms with van der Waals surface area (Å²) in [5.41, 5.74) is 1.12. The molecule has 1 aromatic carbocycles. The highest BCUT2D eigenvalue weighted by Gasteiger charge is 2.23. The van der Waals surface area contributed by atoms with E-state index in [4.69, 9.17) is 4.42 Å². The van der Waals surface area contributed by atoms with Crippen LogP contribution in [0.2, 0.25) is 0 Å². The molecule has 1 atom stereocenters. The molecule has 0 bridgehead atoms. The number of furan rings is 1. The third kappa shape index (κ3) is 3.85. The van der Waals surface area contributed by atoms with Crippen molar-refractivity contribution in [1.29, 1.82) is 0 Å². The van der Waals surface area contributed by atoms with Crippen LogP contribution in [0.1, 0.15) is 23.0 Å². The van der Waals surface area contributed by atoms with Gasteiger partial charge in [-0.05, 0) is 24.1 Å². The maximum Gasteiger partial charge on any atom is 0.317 e. The number of thioether (sulfide) groups is 1. The fraction of sp³-hybridized carbons (Fsp3) is 0.353. The molecule has 0 spiro atoms. The van der Waals surface area contributed by atoms with E-state index >= 15 is 0 Å². The molecule has 1 aliphatic rings. The number of carbonyl (C=O) groups excluding carboxylic acids is 1. The van der Waals surface area contributed by atoms with Gasteiger partial charge in [0.15, 0.2) is 0 Å². The highest BCUT2D eigenvalue weighted by Crippen LogP contribution is 2.34. The van der Waals surface area contributed by atoms with Crippen molar-refractivity contribution >= 4 is 17.8 Å². The molecule has 116 valence electrons. The van der Waals surface area contributed by atoms with Crippen molar-refractivity contribution in [2.75, 3.05) is 18.8 Å². The van der Waals surface area contributed by atoms with Gasteiger partial charge < -0.3 is 14.6 Å². The molecule has 2 heterocycles. The molecule has 0 saturated carbocycles. The van der Waals surface area contributed by atoms with Gasteiger partial charge in [-0.15, -0.1) is 11.8 Å². The second-order valence-corrected chi connectivity index (χ2v) is 6.61. The lowest BCUT2D eigenvalue weighted by Crippen LogP contribution is -2.40. The van der Waals surface area contributed by atoms with Crippen LogP contribution in [-0.4, -0.2) is 29.8 Å². The quantitative estimate of drug-likeness (QED) is 0.940. The molecule has 0 aliphatic carbocycles. The molecule has 3 rings (SSSR count). The molecule has 2 aromatic rings. The summed E-state index contributed by atoms with van der Waals surface area (Å²) in [5, 5.41) is 3.35. The summed E-state index contributed by atoms with van der Waals surface area (Å²) < 4.78 is 5.49. The van der Waals surface area contributed by atoms with Gasteiger partial charge in [-0.1, -0.05) is 30.3 Å². The zero-order valence-electron chi connectivity index (χ0n) is 12.4. The van der Waals surface area contributed by atoms with E-state index in [-0.39, 0.29) is 6.03 Å². The molecule has 1 aliphatic heterocycles. The summed E-state index contributed by atoms with van der Waals surface area (Å²) in [6, 6.07) is 13.9. The normalized spacial score (nSPS) is 18.7. The molecule has 5 heteroatoms. The minimum absolute atomic E-state index is 0.0181. The molecule has 0 radical (unpaired) electrons. The van der Waals surface area contributed by atoms with Gasteiger partial charge in [0.05, 0.1) is 11.5 Å². The van der Waals surface area contributed by atoms with Crippen LogP contribution in [0, 0.1) is 0 Å². The Balaban J connectivity index is 1.51. The number of hydrogen-bond acceptors (Lipinski definition) is 3. The molecule has 1 N–H and O–H groups in total. The summed E-state index contributed by atoms with van der Waals surface area (Å²) in [6.45, 7) is 2.12. The average Bonchev–Trinajstić information content (AvgIpc) is 2.98. The lowest BCUT2D eigenvalue weighted by molar-refractivity contribution is 0.200. The van der Waals surface area contributed by atoms with Gasteiger partial charge in [-0.2, -0.15) is 0 Å². The van der Waals surface area contributed by atoms with Crippen LogP contribution in [0.3, 0.4) is 0 Å². The smallest absolute Gasteiger partial charge is 0.317 e. The van der Waals surface area contributed by atoms with Crippen LogP contribution >= 0.6 is 11.8 Å². The van der Waals surface area contributed by atoms with E-state index in [0.29, 0.717) is 11.8 Å². The number of urea groups is 1. The van der Waals surface area contributed by atoms with Crippen molar-refractivity contribution in [2.24, 2.45) is 0 Å². The molecule has 22 heavy (non-hydrogen) atoms. The number of amides is 2. The highest BCUT2D eigenvalue weighted by molar-refractivity contribution is 7.99. The van der Waals surface area contributed by atoms with Crippen LogP contribution in [0.15, 0.2) is 53.1 Å². The third-order valence-corrected chi connectivity index (χ3v) is 5.06. The van der Waals surface area contributed by atoms with Crippen LogP contribution in [0.4, 0.5) is 4.79 Å². The summed E-state index contributed by atoms with van der Waals surface area (Å²) in [7, 11) is 0. The molecule has 1 aromatic heterocycles. The van der Waals surface area contributed by atoms with E-state index in [1.165, 1.54) is 0 Å². The Labute approximate surface area is 134 Å². The highest BCUT2D eigenvalue weighted by atomic mass is 32.2. The van der Waals surface area contributed by atoms with Gasteiger partial charge in [0.1, 0.15) is 5.76 Å². The van der Waals surface area contributed by atoms with Crippen molar-refractivity contribution in [1.82, 2.24) is 10.2 Å². The maximum absolute atomic E-state index is 12.3. The SMILES string of the molecule is O=C(NCc1ccccc1)N1CCSC(c2ccco2)CC1. The van der Waals surface area contributed by atoms with Crippen molar-refractivity contribution in [3.8, 4) is 0 Å². The van der Waals surface area contributed by atoms with Crippen molar-refractivity contribution in [2.45, 2.75) is 18.2 Å². The summed E-state index contributed by atoms with van der Waals surface area (Å²) >= 11 is 1.86. The Morgan fingerprint density at radius 1 is 1.23 bits per heavy atom. The lowest BCUT2D eigenvalue weighted by Gasteiger charge is -2.20. The van der Waals surface area contributed by atoms with E-state index in [1.807, 2.05) is 59.1 Å². The minimum Gasteiger partial charge on any atom is -0.468 e. The minimum atomic E-state index is 0.0181. The molecular formula is C17H20N2O2S. The van der Waals surface area contributed by atoms with Gasteiger partial charge in [-0.3, -0.25) is 0 Å². The van der Waals surface area contributed by atoms with Crippen molar-refractivity contribution in [3.63, 3.8) is 0 Å². The number of rotatable bonds is 3. The standard InChI is InChI=1S/C17H20N2O2S/c20-17(18-13-14-5-2-1-3-6-14)19-9-8-16(22-12-10-19)15-7-4-11-21-15/h1-7,11,16H,8-10,12-13H2,(H,18,20). The fourth-order valence-corrected chi connectivity index (χ4v) is 3.74. The van der Waals surface area contributed by atoms with Gasteiger partial charge in [0, 0.05) is 25.4 Å². The van der Waals surface area contributed by atoms with Crippen LogP contribution < -0.4 is 5.32 Å². The number of nitrogens with one attached hydrogen (secondary N) is 1. The predicted molar refractivity (Wildman–Crippen MR) is 88.8 cm³/mol. The van der Waals surface area contributed by atoms with Gasteiger partial charge in [-0.25, -0.2) is 4.79 Å². The molecule has 2 amide bonds. The molecule has 1 saturated heterocycles. The topological polar surface area (TPSA) is 45.5 Å². The van der Waals surface area contributed by atoms with E-state index in [9.17, 15) is 4.79 Å². The first-order chi connectivity index (χ1) is 10.8. The largest absolute Gasteiger partial charge is 0.468 e. The Morgan fingerprint density at radius 2 is 2.09 bits per heavy atom. The number of benzene rings is 1. The molecule has 1 fully saturated rings. The Hall–Kier alpha value is -1.88. The monoisotopic (exact) mass is 316 g/mol. The zero-order valence-corrected chi connectivity index (χ0v) is 13.2. The lowest BCUT2D eigenvalue weighted by atomic mass is 10.2. The van der Waals surface area contributed by atoms with Crippen molar-refractivity contribution in [3.05, 3.63) is 60.1 Å². The zero-order chi connectivity index (χ0) is 15.2. The number of carbonyl (C=O) groups is 1. The number of nitrogens with zero attached hydrogens (tertiary/aromatic N) is 1. The van der Waals surface area contributed by atoms with E-state index in [0.717, 1.165) is 36.6 Å². The van der Waals surface area contributed by atoms with Gasteiger partial charge in [0.2, 0.25) is 0 Å². The van der Waals surface area contributed by atoms with Crippen LogP contribution in [0.5, 0.6) is 0 Å². The first kappa shape index (κ1) is 15.0.